The van der Waals surface area contributed by atoms with E-state index >= 15 is 0 Å². The molecule has 1 heterocycles. The molecule has 3 rings (SSSR count). The number of rotatable bonds is 7. The summed E-state index contributed by atoms with van der Waals surface area (Å²) < 4.78 is 0. The predicted octanol–water partition coefficient (Wildman–Crippen LogP) is 4.66. The Bertz CT molecular complexity index is 991. The lowest BCUT2D eigenvalue weighted by atomic mass is 10.1. The van der Waals surface area contributed by atoms with Gasteiger partial charge in [0.25, 0.3) is 5.69 Å². The van der Waals surface area contributed by atoms with E-state index in [1.165, 1.54) is 23.5 Å². The van der Waals surface area contributed by atoms with Crippen LogP contribution in [0.3, 0.4) is 0 Å². The Labute approximate surface area is 170 Å². The molecule has 9 heteroatoms. The molecule has 2 N–H and O–H groups in total. The van der Waals surface area contributed by atoms with Crippen molar-refractivity contribution in [3.8, 4) is 11.3 Å². The predicted molar refractivity (Wildman–Crippen MR) is 111 cm³/mol. The number of nitro benzene ring substituents is 1. The van der Waals surface area contributed by atoms with Crippen LogP contribution in [-0.4, -0.2) is 22.4 Å². The number of carbonyl (C=O) groups excluding carboxylic acids is 1. The fourth-order valence-electron chi connectivity index (χ4n) is 2.52. The summed E-state index contributed by atoms with van der Waals surface area (Å²) in [5, 5.41) is 19.6. The summed E-state index contributed by atoms with van der Waals surface area (Å²) in [5.74, 6) is -0.222. The summed E-state index contributed by atoms with van der Waals surface area (Å²) in [5.41, 5.74) is 2.22. The molecule has 28 heavy (non-hydrogen) atoms. The maximum Gasteiger partial charge on any atom is 0.270 e. The zero-order valence-electron chi connectivity index (χ0n) is 14.9. The third-order valence-corrected chi connectivity index (χ3v) is 5.05. The number of carbonyl (C=O) groups is 1. The second-order valence-corrected chi connectivity index (χ2v) is 7.34. The number of anilines is 1. The molecule has 0 fully saturated rings. The first-order valence-corrected chi connectivity index (χ1v) is 9.67. The summed E-state index contributed by atoms with van der Waals surface area (Å²) >= 11 is 7.14. The van der Waals surface area contributed by atoms with Crippen molar-refractivity contribution in [3.05, 3.63) is 74.6 Å². The van der Waals surface area contributed by atoms with Gasteiger partial charge in [0.1, 0.15) is 0 Å². The first-order valence-electron chi connectivity index (χ1n) is 8.41. The highest BCUT2D eigenvalue weighted by Crippen LogP contribution is 2.27. The number of non-ortho nitro benzene ring substituents is 1. The highest BCUT2D eigenvalue weighted by atomic mass is 35.5. The molecule has 144 valence electrons. The second-order valence-electron chi connectivity index (χ2n) is 6.05. The van der Waals surface area contributed by atoms with E-state index in [0.29, 0.717) is 21.4 Å². The number of nitro groups is 1. The van der Waals surface area contributed by atoms with E-state index in [0.717, 1.165) is 5.56 Å². The Hall–Kier alpha value is -2.81. The van der Waals surface area contributed by atoms with Gasteiger partial charge in [0, 0.05) is 34.1 Å². The minimum Gasteiger partial charge on any atom is -0.302 e. The largest absolute Gasteiger partial charge is 0.302 e. The van der Waals surface area contributed by atoms with Gasteiger partial charge in [-0.05, 0) is 24.6 Å². The quantitative estimate of drug-likeness (QED) is 0.431. The Kier molecular flexibility index (Phi) is 6.35. The maximum atomic E-state index is 12.2. The molecule has 7 nitrogen and oxygen atoms in total. The van der Waals surface area contributed by atoms with Gasteiger partial charge in [0.05, 0.1) is 17.2 Å². The molecule has 0 aliphatic rings. The van der Waals surface area contributed by atoms with Gasteiger partial charge in [0.15, 0.2) is 5.13 Å². The number of hydrogen-bond acceptors (Lipinski definition) is 6. The molecule has 2 aromatic carbocycles. The average molecular weight is 417 g/mol. The molecule has 1 aromatic heterocycles. The zero-order chi connectivity index (χ0) is 20.1. The first kappa shape index (κ1) is 19.9. The van der Waals surface area contributed by atoms with Crippen LogP contribution in [0.25, 0.3) is 11.3 Å². The van der Waals surface area contributed by atoms with Crippen molar-refractivity contribution < 1.29 is 9.72 Å². The lowest BCUT2D eigenvalue weighted by Gasteiger charge is -2.13. The van der Waals surface area contributed by atoms with Crippen LogP contribution in [0.15, 0.2) is 53.9 Å². The maximum absolute atomic E-state index is 12.2. The van der Waals surface area contributed by atoms with E-state index in [4.69, 9.17) is 11.6 Å². The molecule has 1 unspecified atom stereocenters. The van der Waals surface area contributed by atoms with Gasteiger partial charge in [0.2, 0.25) is 5.91 Å². The van der Waals surface area contributed by atoms with Crippen LogP contribution in [0.5, 0.6) is 0 Å². The molecule has 3 aromatic rings. The van der Waals surface area contributed by atoms with Crippen molar-refractivity contribution in [1.29, 1.82) is 0 Å². The van der Waals surface area contributed by atoms with Crippen molar-refractivity contribution in [1.82, 2.24) is 10.3 Å². The first-order chi connectivity index (χ1) is 13.4. The third kappa shape index (κ3) is 5.13. The highest BCUT2D eigenvalue weighted by molar-refractivity contribution is 7.14. The van der Waals surface area contributed by atoms with Gasteiger partial charge in [-0.3, -0.25) is 14.9 Å². The number of aromatic nitrogens is 1. The smallest absolute Gasteiger partial charge is 0.270 e. The number of nitrogens with one attached hydrogen (secondary N) is 2. The van der Waals surface area contributed by atoms with E-state index in [1.807, 2.05) is 19.1 Å². The van der Waals surface area contributed by atoms with Crippen molar-refractivity contribution in [2.24, 2.45) is 0 Å². The van der Waals surface area contributed by atoms with Gasteiger partial charge < -0.3 is 10.6 Å². The van der Waals surface area contributed by atoms with E-state index in [2.05, 4.69) is 15.6 Å². The van der Waals surface area contributed by atoms with E-state index in [1.54, 1.807) is 29.6 Å². The van der Waals surface area contributed by atoms with Gasteiger partial charge in [-0.1, -0.05) is 35.9 Å². The summed E-state index contributed by atoms with van der Waals surface area (Å²) in [7, 11) is 0. The van der Waals surface area contributed by atoms with Crippen LogP contribution in [0.4, 0.5) is 10.8 Å². The van der Waals surface area contributed by atoms with E-state index in [9.17, 15) is 14.9 Å². The lowest BCUT2D eigenvalue weighted by molar-refractivity contribution is -0.384. The summed E-state index contributed by atoms with van der Waals surface area (Å²) in [6, 6.07) is 13.6. The van der Waals surface area contributed by atoms with Crippen LogP contribution >= 0.6 is 22.9 Å². The molecule has 0 bridgehead atoms. The van der Waals surface area contributed by atoms with Crippen LogP contribution in [0.2, 0.25) is 5.02 Å². The fourth-order valence-corrected chi connectivity index (χ4v) is 3.38. The molecule has 1 atom stereocenters. The molecular formula is C19H17ClN4O3S. The van der Waals surface area contributed by atoms with Gasteiger partial charge in [-0.2, -0.15) is 0 Å². The third-order valence-electron chi connectivity index (χ3n) is 4.04. The topological polar surface area (TPSA) is 97.2 Å². The van der Waals surface area contributed by atoms with Crippen LogP contribution in [-0.2, 0) is 4.79 Å². The minimum atomic E-state index is -0.452. The lowest BCUT2D eigenvalue weighted by Crippen LogP contribution is -2.30. The number of amides is 1. The van der Waals surface area contributed by atoms with Crippen molar-refractivity contribution in [3.63, 3.8) is 0 Å². The Morgan fingerprint density at radius 3 is 2.75 bits per heavy atom. The zero-order valence-corrected chi connectivity index (χ0v) is 16.5. The van der Waals surface area contributed by atoms with Crippen LogP contribution < -0.4 is 10.6 Å². The molecule has 0 spiro atoms. The Morgan fingerprint density at radius 1 is 1.29 bits per heavy atom. The number of hydrogen-bond donors (Lipinski definition) is 2. The molecule has 0 saturated heterocycles. The van der Waals surface area contributed by atoms with Crippen LogP contribution in [0.1, 0.15) is 18.5 Å². The number of halogens is 1. The average Bonchev–Trinajstić information content (AvgIpc) is 3.15. The Balaban J connectivity index is 1.57. The molecule has 0 aliphatic carbocycles. The molecular weight excluding hydrogens is 400 g/mol. The van der Waals surface area contributed by atoms with Crippen molar-refractivity contribution >= 4 is 39.7 Å². The second kappa shape index (κ2) is 8.92. The van der Waals surface area contributed by atoms with Gasteiger partial charge in [-0.25, -0.2) is 4.98 Å². The fraction of sp³-hybridized carbons (Fsp3) is 0.158. The molecule has 1 amide bonds. The SMILES string of the molecule is CC(NCC(=O)Nc1nc(-c2cccc([N+](=O)[O-])c2)cs1)c1ccc(Cl)cc1. The van der Waals surface area contributed by atoms with Crippen molar-refractivity contribution in [2.45, 2.75) is 13.0 Å². The van der Waals surface area contributed by atoms with Gasteiger partial charge >= 0.3 is 0 Å². The normalized spacial score (nSPS) is 11.8. The monoisotopic (exact) mass is 416 g/mol. The minimum absolute atomic E-state index is 0.00327. The van der Waals surface area contributed by atoms with Crippen molar-refractivity contribution in [2.75, 3.05) is 11.9 Å². The van der Waals surface area contributed by atoms with E-state index < -0.39 is 4.92 Å². The van der Waals surface area contributed by atoms with Crippen LogP contribution in [0, 0.1) is 10.1 Å². The number of thiazole rings is 1. The molecule has 0 saturated carbocycles. The highest BCUT2D eigenvalue weighted by Gasteiger charge is 2.12. The summed E-state index contributed by atoms with van der Waals surface area (Å²) in [4.78, 5) is 27.0. The molecule has 0 aliphatic heterocycles. The summed E-state index contributed by atoms with van der Waals surface area (Å²) in [6.07, 6.45) is 0. The standard InChI is InChI=1S/C19H17ClN4O3S/c1-12(13-5-7-15(20)8-6-13)21-10-18(25)23-19-22-17(11-28-19)14-3-2-4-16(9-14)24(26)27/h2-9,11-12,21H,10H2,1H3,(H,22,23,25). The Morgan fingerprint density at radius 2 is 2.04 bits per heavy atom. The molecule has 0 radical (unpaired) electrons. The van der Waals surface area contributed by atoms with Gasteiger partial charge in [-0.15, -0.1) is 11.3 Å². The summed E-state index contributed by atoms with van der Waals surface area (Å²) in [6.45, 7) is 2.08. The number of nitrogens with zero attached hydrogens (tertiary/aromatic N) is 2. The van der Waals surface area contributed by atoms with E-state index in [-0.39, 0.29) is 24.2 Å². The number of benzene rings is 2.